The van der Waals surface area contributed by atoms with E-state index < -0.39 is 4.51 Å². The first kappa shape index (κ1) is 7.32. The number of hydrogen-bond donors (Lipinski definition) is 1. The van der Waals surface area contributed by atoms with Crippen LogP contribution in [0.5, 0.6) is 0 Å². The minimum absolute atomic E-state index is 0.449. The maximum atomic E-state index is 9.25. The average molecular weight is 209 g/mol. The zero-order chi connectivity index (χ0) is 6.91. The predicted octanol–water partition coefficient (Wildman–Crippen LogP) is 2.15. The van der Waals surface area contributed by atoms with Crippen molar-refractivity contribution in [1.29, 1.82) is 0 Å². The first-order valence-electron chi connectivity index (χ1n) is 2.55. The van der Waals surface area contributed by atoms with Crippen LogP contribution in [0.15, 0.2) is 23.3 Å². The number of aliphatic hydroxyl groups is 1. The third-order valence-corrected chi connectivity index (χ3v) is 1.85. The van der Waals surface area contributed by atoms with E-state index >= 15 is 0 Å². The second-order valence-corrected chi connectivity index (χ2v) is 3.83. The second-order valence-electron chi connectivity index (χ2n) is 1.97. The Kier molecular flexibility index (Phi) is 1.99. The highest BCUT2D eigenvalue weighted by molar-refractivity contribution is 9.10. The van der Waals surface area contributed by atoms with Gasteiger partial charge in [0.2, 0.25) is 0 Å². The van der Waals surface area contributed by atoms with Crippen LogP contribution in [0.1, 0.15) is 6.42 Å². The normalized spacial score (nSPS) is 34.3. The average Bonchev–Trinajstić information content (AvgIpc) is 1.60. The van der Waals surface area contributed by atoms with E-state index in [1.54, 1.807) is 18.2 Å². The lowest BCUT2D eigenvalue weighted by molar-refractivity contribution is 0.196. The highest BCUT2D eigenvalue weighted by atomic mass is 79.9. The molecule has 1 unspecified atom stereocenters. The maximum absolute atomic E-state index is 9.25. The summed E-state index contributed by atoms with van der Waals surface area (Å²) in [4.78, 5) is 0. The van der Waals surface area contributed by atoms with Gasteiger partial charge in [-0.25, -0.2) is 0 Å². The molecule has 0 fully saturated rings. The van der Waals surface area contributed by atoms with Crippen molar-refractivity contribution in [2.75, 3.05) is 0 Å². The van der Waals surface area contributed by atoms with E-state index in [1.807, 2.05) is 0 Å². The molecule has 0 aromatic carbocycles. The molecule has 1 N–H and O–H groups in total. The minimum Gasteiger partial charge on any atom is -0.375 e. The molecule has 1 atom stereocenters. The molecule has 3 heteroatoms. The van der Waals surface area contributed by atoms with Crippen molar-refractivity contribution < 1.29 is 5.11 Å². The summed E-state index contributed by atoms with van der Waals surface area (Å²) >= 11 is 8.70. The standard InChI is InChI=1S/C6H6BrClO/c7-6(9)3-1-2-5(8)4-6/h1-3,9H,4H2. The van der Waals surface area contributed by atoms with Crippen LogP contribution in [0.4, 0.5) is 0 Å². The molecule has 1 rings (SSSR count). The van der Waals surface area contributed by atoms with Gasteiger partial charge in [0.15, 0.2) is 0 Å². The van der Waals surface area contributed by atoms with Gasteiger partial charge in [0.1, 0.15) is 4.51 Å². The highest BCUT2D eigenvalue weighted by Gasteiger charge is 2.21. The van der Waals surface area contributed by atoms with E-state index in [2.05, 4.69) is 15.9 Å². The van der Waals surface area contributed by atoms with Crippen LogP contribution in [0, 0.1) is 0 Å². The zero-order valence-electron chi connectivity index (χ0n) is 4.64. The summed E-state index contributed by atoms with van der Waals surface area (Å²) in [5.41, 5.74) is 0. The third kappa shape index (κ3) is 2.12. The SMILES string of the molecule is OC1(Br)C=CC=C(Cl)C1. The molecule has 0 amide bonds. The minimum atomic E-state index is -0.918. The number of alkyl halides is 1. The van der Waals surface area contributed by atoms with Crippen molar-refractivity contribution in [2.24, 2.45) is 0 Å². The first-order valence-corrected chi connectivity index (χ1v) is 3.72. The molecule has 0 bridgehead atoms. The van der Waals surface area contributed by atoms with Gasteiger partial charge in [-0.15, -0.1) is 0 Å². The quantitative estimate of drug-likeness (QED) is 0.606. The molecule has 9 heavy (non-hydrogen) atoms. The Balaban J connectivity index is 2.73. The maximum Gasteiger partial charge on any atom is 0.143 e. The van der Waals surface area contributed by atoms with Gasteiger partial charge in [0, 0.05) is 11.5 Å². The van der Waals surface area contributed by atoms with Gasteiger partial charge in [-0.3, -0.25) is 0 Å². The molecule has 0 radical (unpaired) electrons. The fourth-order valence-electron chi connectivity index (χ4n) is 0.655. The summed E-state index contributed by atoms with van der Waals surface area (Å²) in [7, 11) is 0. The van der Waals surface area contributed by atoms with Gasteiger partial charge in [-0.05, 0) is 28.1 Å². The van der Waals surface area contributed by atoms with E-state index in [0.29, 0.717) is 11.5 Å². The van der Waals surface area contributed by atoms with Gasteiger partial charge in [-0.1, -0.05) is 17.7 Å². The third-order valence-electron chi connectivity index (χ3n) is 1.05. The number of hydrogen-bond acceptors (Lipinski definition) is 1. The Morgan fingerprint density at radius 2 is 2.44 bits per heavy atom. The smallest absolute Gasteiger partial charge is 0.143 e. The molecule has 50 valence electrons. The van der Waals surface area contributed by atoms with Gasteiger partial charge in [0.25, 0.3) is 0 Å². The lowest BCUT2D eigenvalue weighted by Crippen LogP contribution is -2.17. The van der Waals surface area contributed by atoms with Gasteiger partial charge >= 0.3 is 0 Å². The van der Waals surface area contributed by atoms with Crippen LogP contribution in [0.3, 0.4) is 0 Å². The lowest BCUT2D eigenvalue weighted by Gasteiger charge is -2.18. The van der Waals surface area contributed by atoms with Crippen molar-refractivity contribution in [2.45, 2.75) is 10.9 Å². The van der Waals surface area contributed by atoms with Crippen LogP contribution in [0.2, 0.25) is 0 Å². The monoisotopic (exact) mass is 208 g/mol. The zero-order valence-corrected chi connectivity index (χ0v) is 6.98. The Hall–Kier alpha value is 0.210. The summed E-state index contributed by atoms with van der Waals surface area (Å²) in [6, 6.07) is 0. The first-order chi connectivity index (χ1) is 4.10. The van der Waals surface area contributed by atoms with E-state index in [9.17, 15) is 5.11 Å². The Morgan fingerprint density at radius 1 is 1.78 bits per heavy atom. The van der Waals surface area contributed by atoms with Gasteiger partial charge in [0.05, 0.1) is 0 Å². The van der Waals surface area contributed by atoms with Crippen LogP contribution in [-0.2, 0) is 0 Å². The van der Waals surface area contributed by atoms with E-state index in [-0.39, 0.29) is 0 Å². The van der Waals surface area contributed by atoms with Crippen LogP contribution in [-0.4, -0.2) is 9.62 Å². The molecule has 0 saturated heterocycles. The van der Waals surface area contributed by atoms with Gasteiger partial charge in [-0.2, -0.15) is 0 Å². The molecule has 0 aromatic heterocycles. The Morgan fingerprint density at radius 3 is 2.78 bits per heavy atom. The van der Waals surface area contributed by atoms with Crippen LogP contribution in [0.25, 0.3) is 0 Å². The van der Waals surface area contributed by atoms with E-state index in [4.69, 9.17) is 11.6 Å². The molecular formula is C6H6BrClO. The van der Waals surface area contributed by atoms with Gasteiger partial charge < -0.3 is 5.11 Å². The highest BCUT2D eigenvalue weighted by Crippen LogP contribution is 2.29. The molecule has 0 aliphatic heterocycles. The van der Waals surface area contributed by atoms with Crippen molar-refractivity contribution in [3.05, 3.63) is 23.3 Å². The summed E-state index contributed by atoms with van der Waals surface area (Å²) in [5.74, 6) is 0. The molecule has 1 aliphatic rings. The predicted molar refractivity (Wildman–Crippen MR) is 41.6 cm³/mol. The van der Waals surface area contributed by atoms with Crippen molar-refractivity contribution >= 4 is 27.5 Å². The summed E-state index contributed by atoms with van der Waals surface area (Å²) < 4.78 is -0.918. The molecule has 0 spiro atoms. The Bertz CT molecular complexity index is 172. The van der Waals surface area contributed by atoms with E-state index in [0.717, 1.165) is 0 Å². The molecule has 0 saturated carbocycles. The second kappa shape index (κ2) is 2.45. The van der Waals surface area contributed by atoms with Crippen molar-refractivity contribution in [3.8, 4) is 0 Å². The summed E-state index contributed by atoms with van der Waals surface area (Å²) in [6.45, 7) is 0. The largest absolute Gasteiger partial charge is 0.375 e. The number of rotatable bonds is 0. The number of halogens is 2. The van der Waals surface area contributed by atoms with Crippen LogP contribution < -0.4 is 0 Å². The Labute approximate surface area is 67.1 Å². The number of allylic oxidation sites excluding steroid dienone is 2. The summed E-state index contributed by atoms with van der Waals surface area (Å²) in [5, 5.41) is 9.91. The summed E-state index contributed by atoms with van der Waals surface area (Å²) in [6.07, 6.45) is 5.59. The van der Waals surface area contributed by atoms with Crippen LogP contribution >= 0.6 is 27.5 Å². The van der Waals surface area contributed by atoms with Crippen molar-refractivity contribution in [3.63, 3.8) is 0 Å². The van der Waals surface area contributed by atoms with Crippen molar-refractivity contribution in [1.82, 2.24) is 0 Å². The topological polar surface area (TPSA) is 20.2 Å². The molecule has 0 aromatic rings. The molecule has 1 nitrogen and oxygen atoms in total. The van der Waals surface area contributed by atoms with E-state index in [1.165, 1.54) is 0 Å². The fourth-order valence-corrected chi connectivity index (χ4v) is 1.55. The lowest BCUT2D eigenvalue weighted by atomic mass is 10.1. The molecular weight excluding hydrogens is 203 g/mol. The fraction of sp³-hybridized carbons (Fsp3) is 0.333. The molecule has 1 aliphatic carbocycles. The molecule has 0 heterocycles.